The number of rotatable bonds is 4. The Morgan fingerprint density at radius 2 is 1.93 bits per heavy atom. The number of amides is 1. The van der Waals surface area contributed by atoms with Crippen LogP contribution in [0.4, 0.5) is 0 Å². The lowest BCUT2D eigenvalue weighted by molar-refractivity contribution is -0.140. The Labute approximate surface area is 162 Å². The minimum atomic E-state index is -0.340. The van der Waals surface area contributed by atoms with Crippen LogP contribution < -0.4 is 9.47 Å². The summed E-state index contributed by atoms with van der Waals surface area (Å²) in [4.78, 5) is 15.9. The number of fused-ring (bicyclic) bond motifs is 2. The van der Waals surface area contributed by atoms with E-state index in [9.17, 15) is 4.79 Å². The molecule has 3 fully saturated rings. The van der Waals surface area contributed by atoms with Gasteiger partial charge in [-0.2, -0.15) is 0 Å². The molecule has 2 bridgehead atoms. The molecule has 0 radical (unpaired) electrons. The molecule has 1 aromatic rings. The first-order valence-electron chi connectivity index (χ1n) is 10.1. The summed E-state index contributed by atoms with van der Waals surface area (Å²) in [5, 5.41) is 0. The van der Waals surface area contributed by atoms with Crippen molar-refractivity contribution in [1.82, 2.24) is 4.90 Å². The monoisotopic (exact) mass is 369 g/mol. The zero-order valence-corrected chi connectivity index (χ0v) is 17.0. The van der Waals surface area contributed by atoms with E-state index in [0.717, 1.165) is 61.3 Å². The van der Waals surface area contributed by atoms with E-state index in [2.05, 4.69) is 31.4 Å². The maximum atomic E-state index is 13.8. The van der Waals surface area contributed by atoms with Crippen LogP contribution in [0.2, 0.25) is 0 Å². The molecule has 2 saturated carbocycles. The lowest BCUT2D eigenvalue weighted by Gasteiger charge is -2.40. The minimum absolute atomic E-state index is 0.0759. The summed E-state index contributed by atoms with van der Waals surface area (Å²) in [6.07, 6.45) is 5.13. The van der Waals surface area contributed by atoms with Crippen molar-refractivity contribution in [3.8, 4) is 11.5 Å². The Balaban J connectivity index is 1.64. The highest BCUT2D eigenvalue weighted by atomic mass is 16.5. The fraction of sp³-hybridized carbons (Fsp3) is 0.609. The third kappa shape index (κ3) is 2.52. The van der Waals surface area contributed by atoms with Gasteiger partial charge in [-0.15, -0.1) is 0 Å². The first-order valence-corrected chi connectivity index (χ1v) is 10.1. The molecule has 4 nitrogen and oxygen atoms in total. The molecule has 146 valence electrons. The molecule has 2 aliphatic carbocycles. The zero-order chi connectivity index (χ0) is 19.4. The van der Waals surface area contributed by atoms with E-state index in [4.69, 9.17) is 9.47 Å². The first kappa shape index (κ1) is 18.4. The molecule has 27 heavy (non-hydrogen) atoms. The summed E-state index contributed by atoms with van der Waals surface area (Å²) in [5.41, 5.74) is 2.03. The van der Waals surface area contributed by atoms with Crippen LogP contribution in [0.25, 0.3) is 0 Å². The van der Waals surface area contributed by atoms with Crippen LogP contribution in [0.5, 0.6) is 11.5 Å². The van der Waals surface area contributed by atoms with E-state index in [-0.39, 0.29) is 16.9 Å². The van der Waals surface area contributed by atoms with Gasteiger partial charge in [0, 0.05) is 6.54 Å². The van der Waals surface area contributed by atoms with Crippen molar-refractivity contribution in [1.29, 1.82) is 0 Å². The van der Waals surface area contributed by atoms with Gasteiger partial charge in [-0.3, -0.25) is 4.79 Å². The smallest absolute Gasteiger partial charge is 0.233 e. The van der Waals surface area contributed by atoms with Gasteiger partial charge < -0.3 is 14.4 Å². The van der Waals surface area contributed by atoms with Crippen LogP contribution >= 0.6 is 0 Å². The number of carbonyl (C=O) groups is 1. The molecule has 1 saturated heterocycles. The molecule has 3 atom stereocenters. The second-order valence-corrected chi connectivity index (χ2v) is 8.99. The highest BCUT2D eigenvalue weighted by Gasteiger charge is 2.62. The van der Waals surface area contributed by atoms with Gasteiger partial charge in [0.05, 0.1) is 25.7 Å². The Kier molecular flexibility index (Phi) is 4.28. The van der Waals surface area contributed by atoms with Crippen molar-refractivity contribution in [3.05, 3.63) is 35.9 Å². The number of nitrogens with zero attached hydrogens (tertiary/aromatic N) is 1. The summed E-state index contributed by atoms with van der Waals surface area (Å²) in [6.45, 7) is 9.79. The summed E-state index contributed by atoms with van der Waals surface area (Å²) < 4.78 is 10.8. The Morgan fingerprint density at radius 3 is 2.56 bits per heavy atom. The lowest BCUT2D eigenvalue weighted by Crippen LogP contribution is -2.44. The number of methoxy groups -OCH3 is 2. The molecule has 1 aromatic carbocycles. The number of benzene rings is 1. The molecule has 4 heteroatoms. The van der Waals surface area contributed by atoms with Crippen molar-refractivity contribution >= 4 is 5.91 Å². The number of carbonyl (C=O) groups excluding carboxylic acids is 1. The maximum absolute atomic E-state index is 13.8. The standard InChI is InChI=1S/C23H31NO3/c1-15-22(2,3)17-10-11-23(15,14-17)21(25)24-12-6-7-18(24)16-8-9-19(26-4)20(13-16)27-5/h8-9,13,17-18H,1,6-7,10-12,14H2,2-5H3/t17-,18-,23+/m0/s1. The third-order valence-electron chi connectivity index (χ3n) is 7.61. The van der Waals surface area contributed by atoms with Crippen LogP contribution in [0.15, 0.2) is 30.4 Å². The number of hydrogen-bond acceptors (Lipinski definition) is 3. The van der Waals surface area contributed by atoms with E-state index >= 15 is 0 Å². The van der Waals surface area contributed by atoms with Crippen LogP contribution in [-0.2, 0) is 4.79 Å². The molecule has 0 spiro atoms. The summed E-state index contributed by atoms with van der Waals surface area (Å²) in [7, 11) is 3.30. The molecule has 3 aliphatic rings. The zero-order valence-electron chi connectivity index (χ0n) is 17.0. The van der Waals surface area contributed by atoms with Gasteiger partial charge >= 0.3 is 0 Å². The SMILES string of the molecule is C=C1C(C)(C)[C@H]2CC[C@@]1(C(=O)N1CCC[C@H]1c1ccc(OC)c(OC)c1)C2. The largest absolute Gasteiger partial charge is 0.493 e. The van der Waals surface area contributed by atoms with E-state index in [1.807, 2.05) is 12.1 Å². The normalized spacial score (nSPS) is 31.4. The molecule has 1 aliphatic heterocycles. The quantitative estimate of drug-likeness (QED) is 0.719. The van der Waals surface area contributed by atoms with Crippen molar-refractivity contribution in [2.75, 3.05) is 20.8 Å². The molecule has 1 amide bonds. The van der Waals surface area contributed by atoms with Crippen LogP contribution in [0, 0.1) is 16.7 Å². The van der Waals surface area contributed by atoms with Crippen molar-refractivity contribution in [2.45, 2.75) is 52.0 Å². The van der Waals surface area contributed by atoms with Gasteiger partial charge in [0.2, 0.25) is 5.91 Å². The van der Waals surface area contributed by atoms with E-state index in [1.165, 1.54) is 0 Å². The van der Waals surface area contributed by atoms with Gasteiger partial charge in [0.15, 0.2) is 11.5 Å². The molecule has 4 rings (SSSR count). The van der Waals surface area contributed by atoms with E-state index < -0.39 is 0 Å². The Morgan fingerprint density at radius 1 is 1.19 bits per heavy atom. The summed E-state index contributed by atoms with van der Waals surface area (Å²) >= 11 is 0. The fourth-order valence-corrected chi connectivity index (χ4v) is 5.81. The number of likely N-dealkylation sites (tertiary alicyclic amines) is 1. The van der Waals surface area contributed by atoms with Crippen molar-refractivity contribution < 1.29 is 14.3 Å². The van der Waals surface area contributed by atoms with E-state index in [1.54, 1.807) is 14.2 Å². The van der Waals surface area contributed by atoms with Gasteiger partial charge in [0.1, 0.15) is 0 Å². The topological polar surface area (TPSA) is 38.8 Å². The maximum Gasteiger partial charge on any atom is 0.233 e. The predicted octanol–water partition coefficient (Wildman–Crippen LogP) is 4.75. The fourth-order valence-electron chi connectivity index (χ4n) is 5.81. The van der Waals surface area contributed by atoms with Gasteiger partial charge in [-0.1, -0.05) is 32.1 Å². The number of ether oxygens (including phenoxy) is 2. The van der Waals surface area contributed by atoms with Crippen molar-refractivity contribution in [2.24, 2.45) is 16.7 Å². The first-order chi connectivity index (χ1) is 12.8. The third-order valence-corrected chi connectivity index (χ3v) is 7.61. The number of hydrogen-bond donors (Lipinski definition) is 0. The second kappa shape index (κ2) is 6.29. The molecular formula is C23H31NO3. The summed E-state index contributed by atoms with van der Waals surface area (Å²) in [6, 6.07) is 6.15. The Hall–Kier alpha value is -1.97. The Bertz CT molecular complexity index is 784. The van der Waals surface area contributed by atoms with Gasteiger partial charge in [-0.05, 0) is 61.1 Å². The molecule has 1 heterocycles. The predicted molar refractivity (Wildman–Crippen MR) is 106 cm³/mol. The van der Waals surface area contributed by atoms with Crippen LogP contribution in [0.1, 0.15) is 57.6 Å². The molecule has 0 unspecified atom stereocenters. The summed E-state index contributed by atoms with van der Waals surface area (Å²) in [5.74, 6) is 2.34. The highest BCUT2D eigenvalue weighted by Crippen LogP contribution is 2.66. The van der Waals surface area contributed by atoms with Crippen molar-refractivity contribution in [3.63, 3.8) is 0 Å². The molecule has 0 aromatic heterocycles. The average molecular weight is 370 g/mol. The molecular weight excluding hydrogens is 338 g/mol. The second-order valence-electron chi connectivity index (χ2n) is 8.99. The van der Waals surface area contributed by atoms with Gasteiger partial charge in [-0.25, -0.2) is 0 Å². The average Bonchev–Trinajstić information content (AvgIpc) is 3.37. The highest BCUT2D eigenvalue weighted by molar-refractivity contribution is 5.88. The molecule has 0 N–H and O–H groups in total. The van der Waals surface area contributed by atoms with E-state index in [0.29, 0.717) is 11.8 Å². The van der Waals surface area contributed by atoms with Crippen LogP contribution in [-0.4, -0.2) is 31.6 Å². The van der Waals surface area contributed by atoms with Crippen LogP contribution in [0.3, 0.4) is 0 Å². The lowest BCUT2D eigenvalue weighted by atomic mass is 9.68. The minimum Gasteiger partial charge on any atom is -0.493 e. The van der Waals surface area contributed by atoms with Gasteiger partial charge in [0.25, 0.3) is 0 Å².